The fraction of sp³-hybridized carbons (Fsp3) is 0.375. The molecular weight excluding hydrogens is 369 g/mol. The van der Waals surface area contributed by atoms with Gasteiger partial charge in [-0.1, -0.05) is 0 Å². The van der Waals surface area contributed by atoms with E-state index in [1.165, 1.54) is 0 Å². The Bertz CT molecular complexity index is 953. The Morgan fingerprint density at radius 3 is 2.58 bits per heavy atom. The Hall–Kier alpha value is -2.36. The van der Waals surface area contributed by atoms with Gasteiger partial charge in [-0.25, -0.2) is 26.6 Å². The van der Waals surface area contributed by atoms with Gasteiger partial charge in [0.05, 0.1) is 17.2 Å². The van der Waals surface area contributed by atoms with Gasteiger partial charge in [0.2, 0.25) is 5.95 Å². The van der Waals surface area contributed by atoms with Crippen LogP contribution in [0.5, 0.6) is 0 Å². The predicted octanol–water partition coefficient (Wildman–Crippen LogP) is 2.57. The maximum Gasteiger partial charge on any atom is 0.229 e. The molecule has 1 atom stereocenters. The first-order chi connectivity index (χ1) is 12.2. The third-order valence-corrected chi connectivity index (χ3v) is 5.99. The second-order valence-corrected chi connectivity index (χ2v) is 8.44. The summed E-state index contributed by atoms with van der Waals surface area (Å²) >= 11 is 0. The lowest BCUT2D eigenvalue weighted by Crippen LogP contribution is -2.33. The summed E-state index contributed by atoms with van der Waals surface area (Å²) in [7, 11) is -1.34. The monoisotopic (exact) mass is 386 g/mol. The van der Waals surface area contributed by atoms with Crippen LogP contribution in [-0.4, -0.2) is 43.0 Å². The van der Waals surface area contributed by atoms with Gasteiger partial charge in [0.25, 0.3) is 0 Å². The van der Waals surface area contributed by atoms with Gasteiger partial charge >= 0.3 is 0 Å². The number of rotatable bonds is 4. The van der Waals surface area contributed by atoms with E-state index in [1.54, 1.807) is 24.9 Å². The van der Waals surface area contributed by atoms with Crippen LogP contribution in [0.4, 0.5) is 30.6 Å². The number of hydrogen-bond acceptors (Lipinski definition) is 6. The molecule has 1 aliphatic rings. The summed E-state index contributed by atoms with van der Waals surface area (Å²) in [5.41, 5.74) is 0.250. The molecule has 1 fully saturated rings. The largest absolute Gasteiger partial charge is 0.355 e. The molecule has 1 saturated heterocycles. The zero-order valence-electron chi connectivity index (χ0n) is 14.1. The van der Waals surface area contributed by atoms with Gasteiger partial charge in [0.15, 0.2) is 27.3 Å². The number of aryl methyl sites for hydroxylation is 1. The van der Waals surface area contributed by atoms with Crippen molar-refractivity contribution in [2.45, 2.75) is 19.4 Å². The second-order valence-electron chi connectivity index (χ2n) is 6.21. The summed E-state index contributed by atoms with van der Waals surface area (Å²) in [4.78, 5) is 10.1. The fourth-order valence-electron chi connectivity index (χ4n) is 2.80. The number of nitrogens with one attached hydrogen (secondary N) is 1. The van der Waals surface area contributed by atoms with E-state index < -0.39 is 27.3 Å². The van der Waals surface area contributed by atoms with Crippen molar-refractivity contribution in [3.63, 3.8) is 0 Å². The lowest BCUT2D eigenvalue weighted by molar-refractivity contribution is 0.449. The van der Waals surface area contributed by atoms with E-state index in [1.807, 2.05) is 0 Å². The van der Waals surface area contributed by atoms with Gasteiger partial charge in [-0.2, -0.15) is 4.98 Å². The molecule has 0 spiro atoms. The number of hydrogen-bond donors (Lipinski definition) is 1. The smallest absolute Gasteiger partial charge is 0.229 e. The average Bonchev–Trinajstić information content (AvgIpc) is 2.94. The van der Waals surface area contributed by atoms with Gasteiger partial charge in [0.1, 0.15) is 5.82 Å². The molecule has 0 amide bonds. The molecule has 6 nitrogen and oxygen atoms in total. The lowest BCUT2D eigenvalue weighted by atomic mass is 10.2. The van der Waals surface area contributed by atoms with Crippen LogP contribution in [0.2, 0.25) is 0 Å². The van der Waals surface area contributed by atoms with Crippen LogP contribution in [0.25, 0.3) is 0 Å². The first-order valence-corrected chi connectivity index (χ1v) is 9.68. The van der Waals surface area contributed by atoms with Crippen molar-refractivity contribution in [1.29, 1.82) is 0 Å². The zero-order chi connectivity index (χ0) is 19.1. The minimum absolute atomic E-state index is 0.00221. The molecule has 1 aromatic heterocycles. The standard InChI is InChI=1S/C16H17F3N4O2S/c1-9-7-13(23(2)10-5-6-26(24,25)8-10)22-16(20-9)21-12-4-3-11(17)14(18)15(12)19/h3-4,7,10H,5-6,8H2,1-2H3,(H,20,21,22). The molecule has 26 heavy (non-hydrogen) atoms. The minimum atomic E-state index is -3.06. The van der Waals surface area contributed by atoms with Crippen molar-refractivity contribution in [2.75, 3.05) is 28.8 Å². The molecule has 140 valence electrons. The van der Waals surface area contributed by atoms with Crippen LogP contribution in [0.3, 0.4) is 0 Å². The van der Waals surface area contributed by atoms with Crippen LogP contribution in [0, 0.1) is 24.4 Å². The maximum absolute atomic E-state index is 13.8. The van der Waals surface area contributed by atoms with E-state index in [2.05, 4.69) is 15.3 Å². The fourth-order valence-corrected chi connectivity index (χ4v) is 4.57. The van der Waals surface area contributed by atoms with E-state index in [0.717, 1.165) is 12.1 Å². The molecule has 2 aromatic rings. The van der Waals surface area contributed by atoms with Gasteiger partial charge < -0.3 is 10.2 Å². The van der Waals surface area contributed by atoms with E-state index in [4.69, 9.17) is 0 Å². The average molecular weight is 386 g/mol. The molecule has 0 radical (unpaired) electrons. The third kappa shape index (κ3) is 3.74. The molecule has 1 N–H and O–H groups in total. The van der Waals surface area contributed by atoms with E-state index in [-0.39, 0.29) is 29.2 Å². The Morgan fingerprint density at radius 2 is 1.92 bits per heavy atom. The summed E-state index contributed by atoms with van der Waals surface area (Å²) in [6.45, 7) is 1.69. The number of sulfone groups is 1. The molecule has 0 bridgehead atoms. The predicted molar refractivity (Wildman–Crippen MR) is 91.8 cm³/mol. The second kappa shape index (κ2) is 6.75. The Balaban J connectivity index is 1.88. The highest BCUT2D eigenvalue weighted by Crippen LogP contribution is 2.25. The SMILES string of the molecule is Cc1cc(N(C)C2CCS(=O)(=O)C2)nc(Nc2ccc(F)c(F)c2F)n1. The molecular formula is C16H17F3N4O2S. The van der Waals surface area contributed by atoms with Crippen LogP contribution in [-0.2, 0) is 9.84 Å². The summed E-state index contributed by atoms with van der Waals surface area (Å²) in [5.74, 6) is -3.64. The first-order valence-electron chi connectivity index (χ1n) is 7.86. The number of halogens is 3. The Morgan fingerprint density at radius 1 is 1.19 bits per heavy atom. The van der Waals surface area contributed by atoms with Crippen molar-refractivity contribution < 1.29 is 21.6 Å². The summed E-state index contributed by atoms with van der Waals surface area (Å²) < 4.78 is 63.6. The topological polar surface area (TPSA) is 75.2 Å². The van der Waals surface area contributed by atoms with Crippen molar-refractivity contribution in [2.24, 2.45) is 0 Å². The van der Waals surface area contributed by atoms with Gasteiger partial charge in [0, 0.05) is 24.8 Å². The quantitative estimate of drug-likeness (QED) is 0.814. The number of anilines is 3. The molecule has 0 saturated carbocycles. The van der Waals surface area contributed by atoms with Crippen LogP contribution in [0.15, 0.2) is 18.2 Å². The Kier molecular flexibility index (Phi) is 4.78. The maximum atomic E-state index is 13.8. The number of aromatic nitrogens is 2. The molecule has 2 heterocycles. The first kappa shape index (κ1) is 18.4. The van der Waals surface area contributed by atoms with Gasteiger partial charge in [-0.15, -0.1) is 0 Å². The molecule has 1 aliphatic heterocycles. The van der Waals surface area contributed by atoms with E-state index in [9.17, 15) is 21.6 Å². The van der Waals surface area contributed by atoms with Gasteiger partial charge in [-0.05, 0) is 25.5 Å². The third-order valence-electron chi connectivity index (χ3n) is 4.24. The van der Waals surface area contributed by atoms with Crippen molar-refractivity contribution in [3.05, 3.63) is 41.3 Å². The van der Waals surface area contributed by atoms with Crippen molar-refractivity contribution >= 4 is 27.3 Å². The van der Waals surface area contributed by atoms with Crippen LogP contribution >= 0.6 is 0 Å². The van der Waals surface area contributed by atoms with Crippen molar-refractivity contribution in [1.82, 2.24) is 9.97 Å². The molecule has 1 aromatic carbocycles. The van der Waals surface area contributed by atoms with Gasteiger partial charge in [-0.3, -0.25) is 0 Å². The highest BCUT2D eigenvalue weighted by molar-refractivity contribution is 7.91. The van der Waals surface area contributed by atoms with E-state index in [0.29, 0.717) is 17.9 Å². The molecule has 3 rings (SSSR count). The normalized spacial score (nSPS) is 18.7. The number of benzene rings is 1. The highest BCUT2D eigenvalue weighted by atomic mass is 32.2. The van der Waals surface area contributed by atoms with Crippen LogP contribution < -0.4 is 10.2 Å². The molecule has 0 aliphatic carbocycles. The van der Waals surface area contributed by atoms with Crippen molar-refractivity contribution in [3.8, 4) is 0 Å². The lowest BCUT2D eigenvalue weighted by Gasteiger charge is -2.25. The van der Waals surface area contributed by atoms with Crippen LogP contribution in [0.1, 0.15) is 12.1 Å². The summed E-state index contributed by atoms with van der Waals surface area (Å²) in [5, 5.41) is 2.53. The number of nitrogens with zero attached hydrogens (tertiary/aromatic N) is 3. The van der Waals surface area contributed by atoms with E-state index >= 15 is 0 Å². The zero-order valence-corrected chi connectivity index (χ0v) is 14.9. The summed E-state index contributed by atoms with van der Waals surface area (Å²) in [6, 6.07) is 3.29. The Labute approximate surface area is 149 Å². The highest BCUT2D eigenvalue weighted by Gasteiger charge is 2.31. The minimum Gasteiger partial charge on any atom is -0.355 e. The molecule has 10 heteroatoms. The summed E-state index contributed by atoms with van der Waals surface area (Å²) in [6.07, 6.45) is 0.489. The molecule has 1 unspecified atom stereocenters.